The number of aromatic nitrogens is 1. The summed E-state index contributed by atoms with van der Waals surface area (Å²) >= 11 is 0. The molecule has 1 aliphatic heterocycles. The number of carbonyl (C=O) groups excluding carboxylic acids is 1. The Bertz CT molecular complexity index is 566. The van der Waals surface area contributed by atoms with Gasteiger partial charge in [0.15, 0.2) is 0 Å². The molecule has 6 heteroatoms. The van der Waals surface area contributed by atoms with E-state index in [4.69, 9.17) is 4.74 Å². The van der Waals surface area contributed by atoms with Crippen LogP contribution in [0.3, 0.4) is 0 Å². The summed E-state index contributed by atoms with van der Waals surface area (Å²) in [6, 6.07) is 3.86. The normalized spacial score (nSPS) is 30.7. The van der Waals surface area contributed by atoms with Crippen LogP contribution in [0.5, 0.6) is 5.88 Å². The van der Waals surface area contributed by atoms with E-state index in [2.05, 4.69) is 15.2 Å². The van der Waals surface area contributed by atoms with Crippen molar-refractivity contribution in [3.05, 3.63) is 23.9 Å². The first-order chi connectivity index (χ1) is 11.1. The summed E-state index contributed by atoms with van der Waals surface area (Å²) in [4.78, 5) is 17.9. The smallest absolute Gasteiger partial charge is 0.217 e. The number of hydrogen-bond acceptors (Lipinski definition) is 5. The molecule has 1 aromatic heterocycles. The standard InChI is InChI=1S/C17H25N3O3/c1-11(21)19-15-6-13-9-20(10-14(13)7-16(15)22)8-12-4-3-5-18-17(12)23-2/h3-5,13-16,22H,6-10H2,1-2H3,(H,19,21)/t13-,14+,15-,16-/m1/s1. The van der Waals surface area contributed by atoms with Gasteiger partial charge < -0.3 is 15.2 Å². The minimum absolute atomic E-state index is 0.0672. The summed E-state index contributed by atoms with van der Waals surface area (Å²) in [6.07, 6.45) is 2.91. The first kappa shape index (κ1) is 16.2. The van der Waals surface area contributed by atoms with Gasteiger partial charge >= 0.3 is 0 Å². The maximum Gasteiger partial charge on any atom is 0.217 e. The highest BCUT2D eigenvalue weighted by Crippen LogP contribution is 2.37. The molecule has 3 rings (SSSR count). The van der Waals surface area contributed by atoms with Crippen LogP contribution in [0.4, 0.5) is 0 Å². The van der Waals surface area contributed by atoms with E-state index in [0.717, 1.165) is 38.0 Å². The molecule has 1 saturated heterocycles. The molecular weight excluding hydrogens is 294 g/mol. The average molecular weight is 319 g/mol. The predicted molar refractivity (Wildman–Crippen MR) is 85.9 cm³/mol. The molecule has 0 aromatic carbocycles. The summed E-state index contributed by atoms with van der Waals surface area (Å²) in [5.74, 6) is 1.64. The third kappa shape index (κ3) is 3.64. The molecule has 4 atom stereocenters. The number of methoxy groups -OCH3 is 1. The van der Waals surface area contributed by atoms with Crippen molar-refractivity contribution in [2.75, 3.05) is 20.2 Å². The molecule has 1 aliphatic carbocycles. The van der Waals surface area contributed by atoms with Crippen LogP contribution < -0.4 is 10.1 Å². The van der Waals surface area contributed by atoms with Crippen LogP contribution in [-0.4, -0.2) is 53.2 Å². The molecular formula is C17H25N3O3. The Morgan fingerprint density at radius 1 is 1.43 bits per heavy atom. The van der Waals surface area contributed by atoms with Gasteiger partial charge in [0.05, 0.1) is 19.3 Å². The Hall–Kier alpha value is -1.66. The van der Waals surface area contributed by atoms with E-state index in [9.17, 15) is 9.90 Å². The number of amides is 1. The number of pyridine rings is 1. The number of fused-ring (bicyclic) bond motifs is 1. The molecule has 0 unspecified atom stereocenters. The third-order valence-corrected chi connectivity index (χ3v) is 5.04. The molecule has 2 aliphatic rings. The second-order valence-electron chi connectivity index (χ2n) is 6.73. The van der Waals surface area contributed by atoms with E-state index in [1.807, 2.05) is 12.1 Å². The van der Waals surface area contributed by atoms with E-state index in [1.165, 1.54) is 6.92 Å². The number of aliphatic hydroxyl groups excluding tert-OH is 1. The summed E-state index contributed by atoms with van der Waals surface area (Å²) in [5.41, 5.74) is 1.09. The van der Waals surface area contributed by atoms with Crippen LogP contribution in [0.25, 0.3) is 0 Å². The van der Waals surface area contributed by atoms with Crippen molar-refractivity contribution < 1.29 is 14.6 Å². The monoisotopic (exact) mass is 319 g/mol. The molecule has 6 nitrogen and oxygen atoms in total. The van der Waals surface area contributed by atoms with Crippen LogP contribution in [0.2, 0.25) is 0 Å². The van der Waals surface area contributed by atoms with Crippen molar-refractivity contribution in [1.29, 1.82) is 0 Å². The number of carbonyl (C=O) groups is 1. The fourth-order valence-corrected chi connectivity index (χ4v) is 4.04. The van der Waals surface area contributed by atoms with Gasteiger partial charge in [0.1, 0.15) is 0 Å². The molecule has 0 spiro atoms. The van der Waals surface area contributed by atoms with E-state index in [1.54, 1.807) is 13.3 Å². The highest BCUT2D eigenvalue weighted by atomic mass is 16.5. The number of aliphatic hydroxyl groups is 1. The average Bonchev–Trinajstić information content (AvgIpc) is 2.89. The molecule has 1 amide bonds. The highest BCUT2D eigenvalue weighted by molar-refractivity contribution is 5.73. The van der Waals surface area contributed by atoms with Gasteiger partial charge in [-0.05, 0) is 30.7 Å². The zero-order valence-corrected chi connectivity index (χ0v) is 13.7. The molecule has 23 heavy (non-hydrogen) atoms. The number of nitrogens with one attached hydrogen (secondary N) is 1. The van der Waals surface area contributed by atoms with Crippen molar-refractivity contribution in [2.24, 2.45) is 11.8 Å². The quantitative estimate of drug-likeness (QED) is 0.858. The van der Waals surface area contributed by atoms with Crippen molar-refractivity contribution in [3.8, 4) is 5.88 Å². The number of rotatable bonds is 4. The SMILES string of the molecule is COc1ncccc1CN1C[C@H]2C[C@@H](NC(C)=O)[C@H](O)C[C@H]2C1. The van der Waals surface area contributed by atoms with Gasteiger partial charge in [-0.15, -0.1) is 0 Å². The second kappa shape index (κ2) is 6.84. The van der Waals surface area contributed by atoms with Gasteiger partial charge in [0, 0.05) is 38.3 Å². The molecule has 2 heterocycles. The first-order valence-electron chi connectivity index (χ1n) is 8.22. The van der Waals surface area contributed by atoms with Crippen molar-refractivity contribution >= 4 is 5.91 Å². The first-order valence-corrected chi connectivity index (χ1v) is 8.22. The Balaban J connectivity index is 1.63. The minimum Gasteiger partial charge on any atom is -0.481 e. The lowest BCUT2D eigenvalue weighted by Gasteiger charge is -2.35. The van der Waals surface area contributed by atoms with Gasteiger partial charge in [-0.1, -0.05) is 6.07 Å². The Labute approximate surface area is 136 Å². The molecule has 2 N–H and O–H groups in total. The lowest BCUT2D eigenvalue weighted by atomic mass is 9.77. The van der Waals surface area contributed by atoms with Crippen LogP contribution in [0, 0.1) is 11.8 Å². The topological polar surface area (TPSA) is 74.7 Å². The lowest BCUT2D eigenvalue weighted by molar-refractivity contribution is -0.121. The van der Waals surface area contributed by atoms with E-state index in [-0.39, 0.29) is 11.9 Å². The largest absolute Gasteiger partial charge is 0.481 e. The van der Waals surface area contributed by atoms with E-state index < -0.39 is 6.10 Å². The highest BCUT2D eigenvalue weighted by Gasteiger charge is 2.41. The van der Waals surface area contributed by atoms with Crippen molar-refractivity contribution in [1.82, 2.24) is 15.2 Å². The molecule has 1 aromatic rings. The van der Waals surface area contributed by atoms with Gasteiger partial charge in [-0.25, -0.2) is 4.98 Å². The maximum atomic E-state index is 11.3. The molecule has 0 bridgehead atoms. The number of nitrogens with zero attached hydrogens (tertiary/aromatic N) is 2. The molecule has 0 radical (unpaired) electrons. The lowest BCUT2D eigenvalue weighted by Crippen LogP contribution is -2.48. The van der Waals surface area contributed by atoms with Gasteiger partial charge in [-0.3, -0.25) is 9.69 Å². The van der Waals surface area contributed by atoms with Gasteiger partial charge in [0.2, 0.25) is 11.8 Å². The van der Waals surface area contributed by atoms with Crippen LogP contribution in [0.1, 0.15) is 25.3 Å². The maximum absolute atomic E-state index is 11.3. The zero-order valence-electron chi connectivity index (χ0n) is 13.7. The predicted octanol–water partition coefficient (Wildman–Crippen LogP) is 0.798. The summed E-state index contributed by atoms with van der Waals surface area (Å²) in [6.45, 7) is 4.29. The zero-order chi connectivity index (χ0) is 16.4. The second-order valence-corrected chi connectivity index (χ2v) is 6.73. The van der Waals surface area contributed by atoms with E-state index in [0.29, 0.717) is 17.7 Å². The molecule has 2 fully saturated rings. The van der Waals surface area contributed by atoms with Crippen molar-refractivity contribution in [3.63, 3.8) is 0 Å². The van der Waals surface area contributed by atoms with Gasteiger partial charge in [0.25, 0.3) is 0 Å². The van der Waals surface area contributed by atoms with Crippen molar-refractivity contribution in [2.45, 2.75) is 38.5 Å². The fourth-order valence-electron chi connectivity index (χ4n) is 4.04. The Morgan fingerprint density at radius 3 is 2.87 bits per heavy atom. The van der Waals surface area contributed by atoms with Gasteiger partial charge in [-0.2, -0.15) is 0 Å². The summed E-state index contributed by atoms with van der Waals surface area (Å²) < 4.78 is 5.33. The molecule has 1 saturated carbocycles. The number of ether oxygens (including phenoxy) is 1. The number of hydrogen-bond donors (Lipinski definition) is 2. The van der Waals surface area contributed by atoms with Crippen LogP contribution >= 0.6 is 0 Å². The summed E-state index contributed by atoms with van der Waals surface area (Å²) in [5, 5.41) is 13.1. The number of likely N-dealkylation sites (tertiary alicyclic amines) is 1. The molecule has 126 valence electrons. The minimum atomic E-state index is -0.437. The van der Waals surface area contributed by atoms with E-state index >= 15 is 0 Å². The van der Waals surface area contributed by atoms with Crippen LogP contribution in [0.15, 0.2) is 18.3 Å². The fraction of sp³-hybridized carbons (Fsp3) is 0.647. The third-order valence-electron chi connectivity index (χ3n) is 5.04. The summed E-state index contributed by atoms with van der Waals surface area (Å²) in [7, 11) is 1.64. The van der Waals surface area contributed by atoms with Crippen LogP contribution in [-0.2, 0) is 11.3 Å². The Kier molecular flexibility index (Phi) is 4.82. The Morgan fingerprint density at radius 2 is 2.17 bits per heavy atom.